The van der Waals surface area contributed by atoms with Crippen molar-refractivity contribution >= 4 is 11.9 Å². The average Bonchev–Trinajstić information content (AvgIpc) is 2.41. The highest BCUT2D eigenvalue weighted by Gasteiger charge is 2.21. The number of amides is 1. The summed E-state index contributed by atoms with van der Waals surface area (Å²) in [5.74, 6) is -1.29. The minimum atomic E-state index is -1.05. The van der Waals surface area contributed by atoms with Gasteiger partial charge in [-0.15, -0.1) is 0 Å². The molecule has 5 heteroatoms. The molecule has 0 saturated carbocycles. The Balaban J connectivity index is 2.46. The van der Waals surface area contributed by atoms with Crippen LogP contribution in [0.25, 0.3) is 0 Å². The average molecular weight is 278 g/mol. The normalized spacial score (nSPS) is 12.2. The van der Waals surface area contributed by atoms with Crippen molar-refractivity contribution in [2.45, 2.75) is 38.8 Å². The topological polar surface area (TPSA) is 78.4 Å². The number of rotatable bonds is 8. The van der Waals surface area contributed by atoms with Crippen LogP contribution in [-0.2, 0) is 9.59 Å². The van der Waals surface area contributed by atoms with Crippen LogP contribution < -0.4 is 10.6 Å². The van der Waals surface area contributed by atoms with Crippen molar-refractivity contribution in [2.75, 3.05) is 6.54 Å². The third-order valence-corrected chi connectivity index (χ3v) is 2.82. The summed E-state index contributed by atoms with van der Waals surface area (Å²) in [6.45, 7) is 4.82. The summed E-state index contributed by atoms with van der Waals surface area (Å²) in [7, 11) is 0. The van der Waals surface area contributed by atoms with Gasteiger partial charge in [0.2, 0.25) is 5.91 Å². The molecule has 1 atom stereocenters. The van der Waals surface area contributed by atoms with E-state index in [1.54, 1.807) is 24.3 Å². The summed E-state index contributed by atoms with van der Waals surface area (Å²) in [5, 5.41) is 15.0. The van der Waals surface area contributed by atoms with Crippen LogP contribution in [0.4, 0.5) is 0 Å². The van der Waals surface area contributed by atoms with Gasteiger partial charge in [0.1, 0.15) is 0 Å². The molecule has 1 aromatic carbocycles. The highest BCUT2D eigenvalue weighted by Crippen LogP contribution is 2.12. The number of nitrogens with one attached hydrogen (secondary N) is 2. The summed E-state index contributed by atoms with van der Waals surface area (Å²) in [6, 6.07) is 8.10. The molecular formula is C15H22N2O3. The molecule has 0 fully saturated rings. The van der Waals surface area contributed by atoms with Crippen LogP contribution in [0.3, 0.4) is 0 Å². The zero-order chi connectivity index (χ0) is 15.0. The molecule has 110 valence electrons. The fourth-order valence-corrected chi connectivity index (χ4v) is 1.81. The molecule has 0 aliphatic carbocycles. The molecule has 3 N–H and O–H groups in total. The van der Waals surface area contributed by atoms with Gasteiger partial charge in [0.15, 0.2) is 6.04 Å². The molecule has 0 unspecified atom stereocenters. The van der Waals surface area contributed by atoms with Gasteiger partial charge in [0, 0.05) is 12.5 Å². The Bertz CT molecular complexity index is 432. The Morgan fingerprint density at radius 3 is 2.40 bits per heavy atom. The second kappa shape index (κ2) is 8.32. The minimum Gasteiger partial charge on any atom is -0.479 e. The molecule has 20 heavy (non-hydrogen) atoms. The maximum absolute atomic E-state index is 11.8. The first-order valence-electron chi connectivity index (χ1n) is 6.81. The summed E-state index contributed by atoms with van der Waals surface area (Å²) < 4.78 is 0. The number of benzene rings is 1. The number of carboxylic acids is 1. The zero-order valence-electron chi connectivity index (χ0n) is 11.9. The van der Waals surface area contributed by atoms with Crippen LogP contribution in [-0.4, -0.2) is 29.6 Å². The lowest BCUT2D eigenvalue weighted by atomic mass is 10.1. The van der Waals surface area contributed by atoms with E-state index < -0.39 is 12.0 Å². The van der Waals surface area contributed by atoms with Gasteiger partial charge in [-0.1, -0.05) is 44.2 Å². The number of carbonyl (C=O) groups is 2. The monoisotopic (exact) mass is 278 g/mol. The molecule has 5 nitrogen and oxygen atoms in total. The van der Waals surface area contributed by atoms with E-state index in [4.69, 9.17) is 0 Å². The first-order valence-corrected chi connectivity index (χ1v) is 6.81. The summed E-state index contributed by atoms with van der Waals surface area (Å²) in [6.07, 6.45) is 1.00. The van der Waals surface area contributed by atoms with E-state index in [1.165, 1.54) is 0 Å². The second-order valence-electron chi connectivity index (χ2n) is 4.96. The van der Waals surface area contributed by atoms with E-state index >= 15 is 0 Å². The number of hydrogen-bond donors (Lipinski definition) is 3. The standard InChI is InChI=1S/C15H22N2O3/c1-11(2)16-10-6-9-13(18)17-14(15(19)20)12-7-4-3-5-8-12/h3-5,7-8,11,14,16H,6,9-10H2,1-2H3,(H,17,18)(H,19,20)/t14-/m1/s1. The molecule has 0 aliphatic rings. The molecular weight excluding hydrogens is 256 g/mol. The molecule has 0 aliphatic heterocycles. The lowest BCUT2D eigenvalue weighted by Gasteiger charge is -2.15. The van der Waals surface area contributed by atoms with Crippen LogP contribution in [0.1, 0.15) is 38.3 Å². The van der Waals surface area contributed by atoms with Crippen molar-refractivity contribution < 1.29 is 14.7 Å². The second-order valence-corrected chi connectivity index (χ2v) is 4.96. The largest absolute Gasteiger partial charge is 0.479 e. The van der Waals surface area contributed by atoms with Crippen molar-refractivity contribution in [3.8, 4) is 0 Å². The van der Waals surface area contributed by atoms with E-state index in [-0.39, 0.29) is 5.91 Å². The Morgan fingerprint density at radius 2 is 1.85 bits per heavy atom. The van der Waals surface area contributed by atoms with E-state index in [1.807, 2.05) is 19.9 Å². The maximum Gasteiger partial charge on any atom is 0.330 e. The molecule has 1 rings (SSSR count). The van der Waals surface area contributed by atoms with E-state index in [0.29, 0.717) is 24.4 Å². The fourth-order valence-electron chi connectivity index (χ4n) is 1.81. The SMILES string of the molecule is CC(C)NCCCC(=O)N[C@@H](C(=O)O)c1ccccc1. The van der Waals surface area contributed by atoms with Crippen LogP contribution in [0.15, 0.2) is 30.3 Å². The maximum atomic E-state index is 11.8. The van der Waals surface area contributed by atoms with Crippen LogP contribution in [0.2, 0.25) is 0 Å². The summed E-state index contributed by atoms with van der Waals surface area (Å²) in [4.78, 5) is 23.0. The smallest absolute Gasteiger partial charge is 0.330 e. The quantitative estimate of drug-likeness (QED) is 0.633. The predicted molar refractivity (Wildman–Crippen MR) is 77.3 cm³/mol. The number of carbonyl (C=O) groups excluding carboxylic acids is 1. The molecule has 0 spiro atoms. The van der Waals surface area contributed by atoms with Gasteiger partial charge in [0.05, 0.1) is 0 Å². The Labute approximate surface area is 119 Å². The molecule has 0 saturated heterocycles. The summed E-state index contributed by atoms with van der Waals surface area (Å²) >= 11 is 0. The van der Waals surface area contributed by atoms with E-state index in [2.05, 4.69) is 10.6 Å². The third-order valence-electron chi connectivity index (χ3n) is 2.82. The van der Waals surface area contributed by atoms with Gasteiger partial charge >= 0.3 is 5.97 Å². The van der Waals surface area contributed by atoms with E-state index in [9.17, 15) is 14.7 Å². The van der Waals surface area contributed by atoms with Crippen LogP contribution in [0.5, 0.6) is 0 Å². The van der Waals surface area contributed by atoms with Crippen molar-refractivity contribution in [2.24, 2.45) is 0 Å². The molecule has 0 aromatic heterocycles. The fraction of sp³-hybridized carbons (Fsp3) is 0.467. The Kier molecular flexibility index (Phi) is 6.73. The third kappa shape index (κ3) is 5.84. The molecule has 1 aromatic rings. The first-order chi connectivity index (χ1) is 9.50. The zero-order valence-corrected chi connectivity index (χ0v) is 11.9. The van der Waals surface area contributed by atoms with Gasteiger partial charge < -0.3 is 15.7 Å². The lowest BCUT2D eigenvalue weighted by Crippen LogP contribution is -2.34. The van der Waals surface area contributed by atoms with Crippen LogP contribution >= 0.6 is 0 Å². The van der Waals surface area contributed by atoms with Crippen molar-refractivity contribution in [1.82, 2.24) is 10.6 Å². The van der Waals surface area contributed by atoms with Crippen molar-refractivity contribution in [3.63, 3.8) is 0 Å². The van der Waals surface area contributed by atoms with Crippen LogP contribution in [0, 0.1) is 0 Å². The van der Waals surface area contributed by atoms with Gasteiger partial charge in [-0.25, -0.2) is 4.79 Å². The van der Waals surface area contributed by atoms with Gasteiger partial charge in [-0.05, 0) is 18.5 Å². The predicted octanol–water partition coefficient (Wildman–Crippen LogP) is 1.71. The number of hydrogen-bond acceptors (Lipinski definition) is 3. The number of aliphatic carboxylic acids is 1. The Morgan fingerprint density at radius 1 is 1.20 bits per heavy atom. The van der Waals surface area contributed by atoms with Crippen molar-refractivity contribution in [1.29, 1.82) is 0 Å². The van der Waals surface area contributed by atoms with Gasteiger partial charge in [0.25, 0.3) is 0 Å². The number of carboxylic acid groups (broad SMARTS) is 1. The minimum absolute atomic E-state index is 0.244. The molecule has 1 amide bonds. The molecule has 0 bridgehead atoms. The highest BCUT2D eigenvalue weighted by molar-refractivity contribution is 5.84. The molecule has 0 radical (unpaired) electrons. The Hall–Kier alpha value is -1.88. The summed E-state index contributed by atoms with van der Waals surface area (Å²) in [5.41, 5.74) is 0.577. The van der Waals surface area contributed by atoms with Gasteiger partial charge in [-0.3, -0.25) is 4.79 Å². The molecule has 0 heterocycles. The van der Waals surface area contributed by atoms with E-state index in [0.717, 1.165) is 6.54 Å². The lowest BCUT2D eigenvalue weighted by molar-refractivity contribution is -0.142. The van der Waals surface area contributed by atoms with Gasteiger partial charge in [-0.2, -0.15) is 0 Å². The van der Waals surface area contributed by atoms with Crippen molar-refractivity contribution in [3.05, 3.63) is 35.9 Å². The first kappa shape index (κ1) is 16.2. The highest BCUT2D eigenvalue weighted by atomic mass is 16.4.